The minimum Gasteiger partial charge on any atom is -0.325 e. The summed E-state index contributed by atoms with van der Waals surface area (Å²) in [5.41, 5.74) is 12.9. The summed E-state index contributed by atoms with van der Waals surface area (Å²) < 4.78 is 1.70. The largest absolute Gasteiger partial charge is 0.325 e. The van der Waals surface area contributed by atoms with Crippen LogP contribution in [-0.2, 0) is 16.6 Å². The monoisotopic (exact) mass is 419 g/mol. The van der Waals surface area contributed by atoms with Gasteiger partial charge in [-0.3, -0.25) is 19.3 Å². The summed E-state index contributed by atoms with van der Waals surface area (Å²) in [5.74, 6) is -0.665. The fraction of sp³-hybridized carbons (Fsp3) is 0.409. The van der Waals surface area contributed by atoms with Crippen LogP contribution in [0.3, 0.4) is 0 Å². The molecule has 2 aliphatic heterocycles. The first-order valence-corrected chi connectivity index (χ1v) is 10.7. The number of aryl methyl sites for hydroxylation is 1. The lowest BCUT2D eigenvalue weighted by molar-refractivity contribution is -0.123. The van der Waals surface area contributed by atoms with Gasteiger partial charge in [0.2, 0.25) is 5.91 Å². The molecule has 1 aromatic heterocycles. The Bertz CT molecular complexity index is 1100. The van der Waals surface area contributed by atoms with Gasteiger partial charge in [-0.15, -0.1) is 0 Å². The molecule has 3 heterocycles. The molecule has 160 valence electrons. The number of rotatable bonds is 4. The molecule has 9 heteroatoms. The Labute approximate surface area is 179 Å². The summed E-state index contributed by atoms with van der Waals surface area (Å²) in [5, 5.41) is 11.2. The lowest BCUT2D eigenvalue weighted by Gasteiger charge is -2.27. The second kappa shape index (κ2) is 7.73. The highest BCUT2D eigenvalue weighted by atomic mass is 16.2. The fourth-order valence-electron chi connectivity index (χ4n) is 4.79. The number of hydrogen-bond donors (Lipinski definition) is 3. The van der Waals surface area contributed by atoms with E-state index in [0.717, 1.165) is 42.5 Å². The van der Waals surface area contributed by atoms with Crippen molar-refractivity contribution in [1.82, 2.24) is 20.5 Å². The molecule has 2 amide bonds. The third-order valence-electron chi connectivity index (χ3n) is 6.38. The van der Waals surface area contributed by atoms with Crippen molar-refractivity contribution in [3.8, 4) is 0 Å². The highest BCUT2D eigenvalue weighted by Crippen LogP contribution is 2.39. The predicted molar refractivity (Wildman–Crippen MR) is 117 cm³/mol. The van der Waals surface area contributed by atoms with E-state index in [1.54, 1.807) is 23.2 Å². The predicted octanol–water partition coefficient (Wildman–Crippen LogP) is 1.17. The van der Waals surface area contributed by atoms with Crippen LogP contribution < -0.4 is 16.5 Å². The standard InChI is InChI=1S/C22H25N7O2/c1-29-11-13(9-25-29)20-16-10-24-28-21(30)15-7-14(8-17(27-20)18(15)16)26-22(31)19(23)12-5-3-2-4-6-12/h7-12,18-19H,2-6,23H2,1H3,(H,26,31)(H,28,30)/t18-,19-/m1/s1. The summed E-state index contributed by atoms with van der Waals surface area (Å²) in [4.78, 5) is 30.3. The number of nitrogens with two attached hydrogens (primary N) is 1. The average Bonchev–Trinajstić information content (AvgIpc) is 3.31. The van der Waals surface area contributed by atoms with Crippen LogP contribution in [0.25, 0.3) is 5.70 Å². The average molecular weight is 419 g/mol. The van der Waals surface area contributed by atoms with E-state index in [-0.39, 0.29) is 23.7 Å². The number of nitrogens with zero attached hydrogens (tertiary/aromatic N) is 4. The smallest absolute Gasteiger partial charge is 0.268 e. The number of hydrazone groups is 1. The molecule has 1 fully saturated rings. The molecule has 0 saturated heterocycles. The molecule has 0 spiro atoms. The molecular weight excluding hydrogens is 394 g/mol. The third-order valence-corrected chi connectivity index (χ3v) is 6.38. The van der Waals surface area contributed by atoms with Crippen LogP contribution in [0.4, 0.5) is 0 Å². The minimum atomic E-state index is -0.561. The van der Waals surface area contributed by atoms with Gasteiger partial charge in [0.15, 0.2) is 0 Å². The molecule has 0 radical (unpaired) electrons. The van der Waals surface area contributed by atoms with Gasteiger partial charge in [-0.25, -0.2) is 5.43 Å². The molecule has 5 rings (SSSR count). The molecule has 4 aliphatic rings. The van der Waals surface area contributed by atoms with Gasteiger partial charge in [-0.05, 0) is 30.9 Å². The van der Waals surface area contributed by atoms with E-state index < -0.39 is 6.04 Å². The maximum absolute atomic E-state index is 12.8. The lowest BCUT2D eigenvalue weighted by Crippen LogP contribution is -2.46. The zero-order chi connectivity index (χ0) is 21.5. The number of amides is 2. The van der Waals surface area contributed by atoms with Crippen molar-refractivity contribution in [3.05, 3.63) is 47.0 Å². The van der Waals surface area contributed by atoms with E-state index in [9.17, 15) is 9.59 Å². The number of nitrogens with one attached hydrogen (secondary N) is 2. The molecule has 0 aromatic carbocycles. The van der Waals surface area contributed by atoms with Crippen LogP contribution in [0.1, 0.15) is 37.7 Å². The number of carbonyl (C=O) groups is 2. The van der Waals surface area contributed by atoms with Crippen molar-refractivity contribution in [2.75, 3.05) is 0 Å². The normalized spacial score (nSPS) is 24.0. The summed E-state index contributed by atoms with van der Waals surface area (Å²) in [6.07, 6.45) is 14.1. The van der Waals surface area contributed by atoms with E-state index in [1.807, 2.05) is 19.3 Å². The molecule has 2 atom stereocenters. The van der Waals surface area contributed by atoms with Crippen LogP contribution >= 0.6 is 0 Å². The Morgan fingerprint density at radius 2 is 2.10 bits per heavy atom. The second-order valence-corrected chi connectivity index (χ2v) is 8.49. The topological polar surface area (TPSA) is 127 Å². The molecule has 2 aliphatic carbocycles. The Hall–Kier alpha value is -3.33. The van der Waals surface area contributed by atoms with E-state index in [1.165, 1.54) is 6.42 Å². The number of aliphatic imine (C=N–C) groups is 1. The van der Waals surface area contributed by atoms with Crippen molar-refractivity contribution in [2.45, 2.75) is 38.1 Å². The van der Waals surface area contributed by atoms with E-state index in [0.29, 0.717) is 17.0 Å². The lowest BCUT2D eigenvalue weighted by atomic mass is 9.83. The van der Waals surface area contributed by atoms with Gasteiger partial charge in [0.05, 0.1) is 35.8 Å². The number of hydrogen-bond acceptors (Lipinski definition) is 6. The Balaban J connectivity index is 1.45. The summed E-state index contributed by atoms with van der Waals surface area (Å²) in [6.45, 7) is 0. The molecule has 0 unspecified atom stereocenters. The Morgan fingerprint density at radius 1 is 1.29 bits per heavy atom. The van der Waals surface area contributed by atoms with Gasteiger partial charge in [0.25, 0.3) is 5.91 Å². The van der Waals surface area contributed by atoms with E-state index >= 15 is 0 Å². The SMILES string of the molecule is Cn1cc(C2=C3C=NNC(=O)C4=CC(NC(=O)[C@H](N)C5CCCCC5)=CC(=N2)[C@H]43)cn1. The molecule has 1 saturated carbocycles. The zero-order valence-electron chi connectivity index (χ0n) is 17.3. The van der Waals surface area contributed by atoms with Crippen molar-refractivity contribution in [3.63, 3.8) is 0 Å². The summed E-state index contributed by atoms with van der Waals surface area (Å²) >= 11 is 0. The van der Waals surface area contributed by atoms with Crippen molar-refractivity contribution in [2.24, 2.45) is 34.7 Å². The van der Waals surface area contributed by atoms with Crippen molar-refractivity contribution >= 4 is 29.4 Å². The van der Waals surface area contributed by atoms with Crippen molar-refractivity contribution < 1.29 is 9.59 Å². The van der Waals surface area contributed by atoms with Crippen LogP contribution in [0.5, 0.6) is 0 Å². The van der Waals surface area contributed by atoms with Gasteiger partial charge in [0.1, 0.15) is 0 Å². The minimum absolute atomic E-state index is 0.196. The van der Waals surface area contributed by atoms with Crippen LogP contribution in [0.2, 0.25) is 0 Å². The first-order valence-electron chi connectivity index (χ1n) is 10.7. The molecular formula is C22H25N7O2. The number of carbonyl (C=O) groups excluding carboxylic acids is 2. The summed E-state index contributed by atoms with van der Waals surface area (Å²) in [7, 11) is 1.84. The fourth-order valence-corrected chi connectivity index (χ4v) is 4.79. The van der Waals surface area contributed by atoms with Crippen LogP contribution in [0.15, 0.2) is 51.5 Å². The molecule has 31 heavy (non-hydrogen) atoms. The van der Waals surface area contributed by atoms with Crippen LogP contribution in [0, 0.1) is 11.8 Å². The van der Waals surface area contributed by atoms with E-state index in [4.69, 9.17) is 10.7 Å². The van der Waals surface area contributed by atoms with E-state index in [2.05, 4.69) is 20.9 Å². The van der Waals surface area contributed by atoms with Gasteiger partial charge in [-0.1, -0.05) is 19.3 Å². The first-order chi connectivity index (χ1) is 15.0. The van der Waals surface area contributed by atoms with Gasteiger partial charge < -0.3 is 11.1 Å². The maximum atomic E-state index is 12.8. The first kappa shape index (κ1) is 19.6. The highest BCUT2D eigenvalue weighted by Gasteiger charge is 2.39. The second-order valence-electron chi connectivity index (χ2n) is 8.49. The number of allylic oxidation sites excluding steroid dienone is 3. The summed E-state index contributed by atoms with van der Waals surface area (Å²) in [6, 6.07) is -0.561. The Morgan fingerprint density at radius 3 is 2.84 bits per heavy atom. The zero-order valence-corrected chi connectivity index (χ0v) is 17.3. The van der Waals surface area contributed by atoms with Gasteiger partial charge in [-0.2, -0.15) is 10.2 Å². The molecule has 1 aromatic rings. The maximum Gasteiger partial charge on any atom is 0.268 e. The molecule has 9 nitrogen and oxygen atoms in total. The highest BCUT2D eigenvalue weighted by molar-refractivity contribution is 6.20. The van der Waals surface area contributed by atoms with Gasteiger partial charge >= 0.3 is 0 Å². The quantitative estimate of drug-likeness (QED) is 0.677. The van der Waals surface area contributed by atoms with Crippen molar-refractivity contribution in [1.29, 1.82) is 0 Å². The Kier molecular flexibility index (Phi) is 4.90. The number of aromatic nitrogens is 2. The van der Waals surface area contributed by atoms with Gasteiger partial charge in [0, 0.05) is 35.7 Å². The third kappa shape index (κ3) is 3.54. The molecule has 0 bridgehead atoms. The molecule has 4 N–H and O–H groups in total. The van der Waals surface area contributed by atoms with Crippen LogP contribution in [-0.4, -0.2) is 39.6 Å².